The van der Waals surface area contributed by atoms with E-state index >= 15 is 0 Å². The number of ether oxygens (including phenoxy) is 2. The highest BCUT2D eigenvalue weighted by molar-refractivity contribution is 6.05. The van der Waals surface area contributed by atoms with Crippen LogP contribution in [0.3, 0.4) is 0 Å². The van der Waals surface area contributed by atoms with Gasteiger partial charge in [0.25, 0.3) is 17.5 Å². The molecule has 11 heteroatoms. The van der Waals surface area contributed by atoms with Gasteiger partial charge >= 0.3 is 5.97 Å². The van der Waals surface area contributed by atoms with Gasteiger partial charge in [0.2, 0.25) is 0 Å². The topological polar surface area (TPSA) is 149 Å². The van der Waals surface area contributed by atoms with Crippen LogP contribution in [0.4, 0.5) is 11.4 Å². The molecule has 0 unspecified atom stereocenters. The number of nitrogens with zero attached hydrogens (tertiary/aromatic N) is 2. The Morgan fingerprint density at radius 1 is 0.825 bits per heavy atom. The lowest BCUT2D eigenvalue weighted by molar-refractivity contribution is -0.384. The van der Waals surface area contributed by atoms with Gasteiger partial charge in [-0.05, 0) is 66.7 Å². The maximum Gasteiger partial charge on any atom is 0.343 e. The number of nitro benzene ring substituents is 1. The summed E-state index contributed by atoms with van der Waals surface area (Å²) in [5.41, 5.74) is 3.84. The van der Waals surface area contributed by atoms with Gasteiger partial charge in [-0.3, -0.25) is 19.7 Å². The van der Waals surface area contributed by atoms with E-state index in [4.69, 9.17) is 9.47 Å². The van der Waals surface area contributed by atoms with Crippen molar-refractivity contribution in [2.45, 2.75) is 0 Å². The molecule has 0 atom stereocenters. The molecule has 11 nitrogen and oxygen atoms in total. The third-order valence-corrected chi connectivity index (χ3v) is 5.54. The molecule has 2 N–H and O–H groups in total. The third kappa shape index (κ3) is 6.92. The summed E-state index contributed by atoms with van der Waals surface area (Å²) in [5.74, 6) is -0.753. The SMILES string of the molecule is COc1ccc(C(=O)Oc2ccccc2C=NNC(=O)c2cccc(NC(=O)c3ccc([N+](=O)[O-])cc3)c2)cc1. The number of methoxy groups -OCH3 is 1. The minimum absolute atomic E-state index is 0.131. The number of carbonyl (C=O) groups is 3. The fraction of sp³-hybridized carbons (Fsp3) is 0.0345. The van der Waals surface area contributed by atoms with E-state index in [-0.39, 0.29) is 22.6 Å². The van der Waals surface area contributed by atoms with Gasteiger partial charge in [-0.25, -0.2) is 10.2 Å². The molecule has 0 fully saturated rings. The Balaban J connectivity index is 1.38. The molecule has 4 aromatic rings. The second-order valence-electron chi connectivity index (χ2n) is 8.19. The molecule has 2 amide bonds. The van der Waals surface area contributed by atoms with Crippen molar-refractivity contribution < 1.29 is 28.8 Å². The molecule has 0 saturated heterocycles. The Hall–Kier alpha value is -5.84. The molecule has 0 bridgehead atoms. The zero-order chi connectivity index (χ0) is 28.5. The summed E-state index contributed by atoms with van der Waals surface area (Å²) >= 11 is 0. The van der Waals surface area contributed by atoms with Crippen LogP contribution in [0.2, 0.25) is 0 Å². The first-order valence-corrected chi connectivity index (χ1v) is 11.8. The van der Waals surface area contributed by atoms with Crippen LogP contribution in [0.25, 0.3) is 0 Å². The largest absolute Gasteiger partial charge is 0.497 e. The maximum absolute atomic E-state index is 12.6. The van der Waals surface area contributed by atoms with Crippen molar-refractivity contribution in [3.8, 4) is 11.5 Å². The maximum atomic E-state index is 12.6. The van der Waals surface area contributed by atoms with Crippen molar-refractivity contribution in [1.82, 2.24) is 5.43 Å². The molecule has 200 valence electrons. The fourth-order valence-corrected chi connectivity index (χ4v) is 3.47. The number of benzene rings is 4. The van der Waals surface area contributed by atoms with Crippen LogP contribution in [-0.4, -0.2) is 36.0 Å². The third-order valence-electron chi connectivity index (χ3n) is 5.54. The monoisotopic (exact) mass is 538 g/mol. The zero-order valence-corrected chi connectivity index (χ0v) is 21.1. The molecule has 0 aliphatic rings. The van der Waals surface area contributed by atoms with Crippen LogP contribution in [-0.2, 0) is 0 Å². The summed E-state index contributed by atoms with van der Waals surface area (Å²) in [6.07, 6.45) is 1.34. The van der Waals surface area contributed by atoms with Gasteiger partial charge in [0.15, 0.2) is 0 Å². The first-order chi connectivity index (χ1) is 19.3. The molecule has 0 heterocycles. The number of hydrogen-bond donors (Lipinski definition) is 2. The van der Waals surface area contributed by atoms with E-state index in [0.29, 0.717) is 22.6 Å². The van der Waals surface area contributed by atoms with Gasteiger partial charge in [-0.1, -0.05) is 18.2 Å². The van der Waals surface area contributed by atoms with Gasteiger partial charge in [0, 0.05) is 34.5 Å². The molecule has 0 aliphatic heterocycles. The van der Waals surface area contributed by atoms with Crippen molar-refractivity contribution in [2.24, 2.45) is 5.10 Å². The second kappa shape index (κ2) is 12.6. The summed E-state index contributed by atoms with van der Waals surface area (Å²) in [4.78, 5) is 47.9. The molecule has 0 aromatic heterocycles. The van der Waals surface area contributed by atoms with Gasteiger partial charge in [-0.15, -0.1) is 0 Å². The molecule has 0 saturated carbocycles. The van der Waals surface area contributed by atoms with Crippen LogP contribution < -0.4 is 20.2 Å². The van der Waals surface area contributed by atoms with Crippen LogP contribution in [0.15, 0.2) is 102 Å². The summed E-state index contributed by atoms with van der Waals surface area (Å²) in [6.45, 7) is 0. The Kier molecular flexibility index (Phi) is 8.57. The molecule has 4 rings (SSSR count). The highest BCUT2D eigenvalue weighted by Gasteiger charge is 2.13. The van der Waals surface area contributed by atoms with Gasteiger partial charge in [0.1, 0.15) is 11.5 Å². The van der Waals surface area contributed by atoms with Gasteiger partial charge in [-0.2, -0.15) is 5.10 Å². The second-order valence-corrected chi connectivity index (χ2v) is 8.19. The lowest BCUT2D eigenvalue weighted by atomic mass is 10.1. The number of hydrazone groups is 1. The fourth-order valence-electron chi connectivity index (χ4n) is 3.47. The van der Waals surface area contributed by atoms with E-state index < -0.39 is 22.7 Å². The first-order valence-electron chi connectivity index (χ1n) is 11.8. The number of carbonyl (C=O) groups excluding carboxylic acids is 3. The van der Waals surface area contributed by atoms with Crippen molar-refractivity contribution in [1.29, 1.82) is 0 Å². The van der Waals surface area contributed by atoms with E-state index in [2.05, 4.69) is 15.8 Å². The number of para-hydroxylation sites is 1. The van der Waals surface area contributed by atoms with E-state index in [0.717, 1.165) is 0 Å². The molecule has 4 aromatic carbocycles. The number of anilines is 1. The van der Waals surface area contributed by atoms with Crippen LogP contribution in [0.1, 0.15) is 36.6 Å². The Labute approximate surface area is 228 Å². The van der Waals surface area contributed by atoms with E-state index in [1.54, 1.807) is 60.7 Å². The van der Waals surface area contributed by atoms with E-state index in [9.17, 15) is 24.5 Å². The van der Waals surface area contributed by atoms with E-state index in [1.165, 1.54) is 49.7 Å². The van der Waals surface area contributed by atoms with Crippen molar-refractivity contribution >= 4 is 35.4 Å². The predicted molar refractivity (Wildman–Crippen MR) is 147 cm³/mol. The average Bonchev–Trinajstić information content (AvgIpc) is 2.98. The lowest BCUT2D eigenvalue weighted by Gasteiger charge is -2.08. The number of nitrogens with one attached hydrogen (secondary N) is 2. The summed E-state index contributed by atoms with van der Waals surface area (Å²) in [7, 11) is 1.53. The molecule has 40 heavy (non-hydrogen) atoms. The van der Waals surface area contributed by atoms with Crippen LogP contribution >= 0.6 is 0 Å². The Morgan fingerprint density at radius 2 is 1.52 bits per heavy atom. The Bertz CT molecular complexity index is 1580. The molecule has 0 spiro atoms. The normalized spacial score (nSPS) is 10.5. The standard InChI is InChI=1S/C29H22N4O7/c1-39-25-15-11-20(12-16-25)29(36)40-26-8-3-2-5-22(26)18-30-32-28(35)21-6-4-7-23(17-21)31-27(34)19-9-13-24(14-10-19)33(37)38/h2-18H,1H3,(H,31,34)(H,32,35). The number of esters is 1. The van der Waals surface area contributed by atoms with Crippen molar-refractivity contribution in [3.63, 3.8) is 0 Å². The molecular weight excluding hydrogens is 516 g/mol. The number of rotatable bonds is 9. The summed E-state index contributed by atoms with van der Waals surface area (Å²) in [5, 5.41) is 17.4. The zero-order valence-electron chi connectivity index (χ0n) is 21.1. The first kappa shape index (κ1) is 27.2. The van der Waals surface area contributed by atoms with Crippen molar-refractivity contribution in [2.75, 3.05) is 12.4 Å². The summed E-state index contributed by atoms with van der Waals surface area (Å²) < 4.78 is 10.6. The quantitative estimate of drug-likeness (QED) is 0.102. The average molecular weight is 539 g/mol. The number of hydrogen-bond acceptors (Lipinski definition) is 8. The van der Waals surface area contributed by atoms with E-state index in [1.807, 2.05) is 0 Å². The molecular formula is C29H22N4O7. The minimum atomic E-state index is -0.569. The number of amides is 2. The summed E-state index contributed by atoms with van der Waals surface area (Å²) in [6, 6.07) is 24.5. The lowest BCUT2D eigenvalue weighted by Crippen LogP contribution is -2.18. The smallest absolute Gasteiger partial charge is 0.343 e. The van der Waals surface area contributed by atoms with Gasteiger partial charge < -0.3 is 14.8 Å². The highest BCUT2D eigenvalue weighted by atomic mass is 16.6. The van der Waals surface area contributed by atoms with Crippen LogP contribution in [0, 0.1) is 10.1 Å². The van der Waals surface area contributed by atoms with Crippen molar-refractivity contribution in [3.05, 3.63) is 129 Å². The number of nitro groups is 1. The van der Waals surface area contributed by atoms with Gasteiger partial charge in [0.05, 0.1) is 23.8 Å². The Morgan fingerprint density at radius 3 is 2.23 bits per heavy atom. The minimum Gasteiger partial charge on any atom is -0.497 e. The highest BCUT2D eigenvalue weighted by Crippen LogP contribution is 2.19. The molecule has 0 aliphatic carbocycles. The number of non-ortho nitro benzene ring substituents is 1. The molecule has 0 radical (unpaired) electrons. The predicted octanol–water partition coefficient (Wildman–Crippen LogP) is 4.84. The van der Waals surface area contributed by atoms with Crippen LogP contribution in [0.5, 0.6) is 11.5 Å².